The minimum Gasteiger partial charge on any atom is -0.379 e. The molecule has 3 aliphatic heterocycles. The van der Waals surface area contributed by atoms with E-state index >= 15 is 0 Å². The van der Waals surface area contributed by atoms with Gasteiger partial charge in [0, 0.05) is 39.7 Å². The number of anilines is 1. The molecule has 1 N–H and O–H groups in total. The molecule has 0 aromatic heterocycles. The molecule has 0 spiro atoms. The topological polar surface area (TPSA) is 79.0 Å². The molecule has 0 saturated carbocycles. The maximum Gasteiger partial charge on any atom is 0.259 e. The fourth-order valence-corrected chi connectivity index (χ4v) is 5.23. The summed E-state index contributed by atoms with van der Waals surface area (Å²) < 4.78 is 22.6. The lowest BCUT2D eigenvalue weighted by atomic mass is 9.95. The van der Waals surface area contributed by atoms with Crippen LogP contribution in [0.3, 0.4) is 0 Å². The van der Waals surface area contributed by atoms with E-state index < -0.39 is 18.4 Å². The molecule has 35 heavy (non-hydrogen) atoms. The first kappa shape index (κ1) is 19.7. The SMILES string of the molecule is [2H]C([2H])(c1ccc(Cc2ccc3c4c(cccc24)C(=O)N3C2CCC(=O)NC2=O)cc1)N1CCOCC1. The number of benzene rings is 3. The molecular weight excluding hydrogens is 442 g/mol. The fraction of sp³-hybridized carbons (Fsp3) is 0.321. The summed E-state index contributed by atoms with van der Waals surface area (Å²) in [5.41, 5.74) is 3.95. The van der Waals surface area contributed by atoms with Gasteiger partial charge < -0.3 is 4.74 Å². The Hall–Kier alpha value is -3.55. The molecule has 6 rings (SSSR count). The molecule has 3 aromatic carbocycles. The number of ether oxygens (including phenoxy) is 1. The maximum absolute atomic E-state index is 13.3. The third kappa shape index (κ3) is 4.00. The van der Waals surface area contributed by atoms with E-state index in [4.69, 9.17) is 7.48 Å². The number of nitrogens with one attached hydrogen (secondary N) is 1. The van der Waals surface area contributed by atoms with Crippen molar-refractivity contribution in [1.82, 2.24) is 10.2 Å². The summed E-state index contributed by atoms with van der Waals surface area (Å²) in [6, 6.07) is 16.4. The van der Waals surface area contributed by atoms with Gasteiger partial charge in [0.25, 0.3) is 5.91 Å². The van der Waals surface area contributed by atoms with Crippen molar-refractivity contribution in [2.45, 2.75) is 31.8 Å². The van der Waals surface area contributed by atoms with E-state index in [9.17, 15) is 14.4 Å². The molecule has 0 aliphatic carbocycles. The van der Waals surface area contributed by atoms with Crippen LogP contribution in [0.25, 0.3) is 10.8 Å². The van der Waals surface area contributed by atoms with Crippen molar-refractivity contribution in [3.05, 3.63) is 76.9 Å². The summed E-state index contributed by atoms with van der Waals surface area (Å²) >= 11 is 0. The lowest BCUT2D eigenvalue weighted by Gasteiger charge is -2.30. The predicted molar refractivity (Wildman–Crippen MR) is 132 cm³/mol. The summed E-state index contributed by atoms with van der Waals surface area (Å²) in [6.07, 6.45) is 1.13. The number of morpholine rings is 1. The van der Waals surface area contributed by atoms with Crippen molar-refractivity contribution in [2.24, 2.45) is 0 Å². The number of hydrogen-bond acceptors (Lipinski definition) is 5. The smallest absolute Gasteiger partial charge is 0.259 e. The number of imide groups is 1. The Morgan fingerprint density at radius 3 is 2.51 bits per heavy atom. The predicted octanol–water partition coefficient (Wildman–Crippen LogP) is 3.03. The molecule has 3 aliphatic rings. The molecule has 7 nitrogen and oxygen atoms in total. The zero-order valence-corrected chi connectivity index (χ0v) is 19.3. The number of hydrogen-bond donors (Lipinski definition) is 1. The second-order valence-electron chi connectivity index (χ2n) is 9.20. The molecule has 0 radical (unpaired) electrons. The van der Waals surface area contributed by atoms with Crippen LogP contribution in [0.1, 0.15) is 42.6 Å². The molecule has 3 amide bonds. The Bertz CT molecular complexity index is 1420. The van der Waals surface area contributed by atoms with Gasteiger partial charge in [0.15, 0.2) is 0 Å². The Kier molecular flexibility index (Phi) is 5.02. The van der Waals surface area contributed by atoms with Crippen LogP contribution >= 0.6 is 0 Å². The Morgan fingerprint density at radius 2 is 1.74 bits per heavy atom. The van der Waals surface area contributed by atoms with Gasteiger partial charge in [0.1, 0.15) is 6.04 Å². The second kappa shape index (κ2) is 8.91. The number of amides is 3. The van der Waals surface area contributed by atoms with Crippen molar-refractivity contribution >= 4 is 34.2 Å². The van der Waals surface area contributed by atoms with Crippen LogP contribution in [-0.4, -0.2) is 55.0 Å². The van der Waals surface area contributed by atoms with E-state index in [1.165, 1.54) is 4.90 Å². The summed E-state index contributed by atoms with van der Waals surface area (Å²) in [5.74, 6) is -0.969. The van der Waals surface area contributed by atoms with Crippen molar-refractivity contribution in [2.75, 3.05) is 31.2 Å². The first-order chi connectivity index (χ1) is 17.8. The minimum atomic E-state index is -1.57. The standard InChI is InChI=1S/C28H27N3O4/c32-25-11-10-24(27(33)29-25)31-23-9-8-20(21-2-1-3-22(26(21)23)28(31)34)16-18-4-6-19(7-5-18)17-30-12-14-35-15-13-30/h1-9,24H,10-17H2,(H,29,32,33)/i17D2. The van der Waals surface area contributed by atoms with E-state index in [0.29, 0.717) is 56.0 Å². The Morgan fingerprint density at radius 1 is 0.971 bits per heavy atom. The van der Waals surface area contributed by atoms with Gasteiger partial charge in [-0.15, -0.1) is 0 Å². The van der Waals surface area contributed by atoms with E-state index in [1.54, 1.807) is 11.0 Å². The van der Waals surface area contributed by atoms with Crippen LogP contribution in [0.5, 0.6) is 0 Å². The van der Waals surface area contributed by atoms with Gasteiger partial charge in [0.2, 0.25) is 11.8 Å². The first-order valence-electron chi connectivity index (χ1n) is 13.0. The Balaban J connectivity index is 1.29. The van der Waals surface area contributed by atoms with Crippen molar-refractivity contribution in [3.63, 3.8) is 0 Å². The highest BCUT2D eigenvalue weighted by molar-refractivity contribution is 6.27. The zero-order chi connectivity index (χ0) is 25.7. The van der Waals surface area contributed by atoms with E-state index in [2.05, 4.69) is 5.32 Å². The Labute approximate surface area is 206 Å². The molecule has 0 bridgehead atoms. The number of carbonyl (C=O) groups is 3. The molecule has 3 heterocycles. The number of nitrogens with zero attached hydrogens (tertiary/aromatic N) is 2. The van der Waals surface area contributed by atoms with Gasteiger partial charge >= 0.3 is 0 Å². The molecule has 7 heteroatoms. The van der Waals surface area contributed by atoms with Gasteiger partial charge in [-0.25, -0.2) is 0 Å². The number of piperidine rings is 1. The van der Waals surface area contributed by atoms with E-state index in [1.807, 2.05) is 48.5 Å². The van der Waals surface area contributed by atoms with Crippen molar-refractivity contribution in [3.8, 4) is 0 Å². The fourth-order valence-electron chi connectivity index (χ4n) is 5.23. The van der Waals surface area contributed by atoms with E-state index in [-0.39, 0.29) is 18.2 Å². The minimum absolute atomic E-state index is 0.206. The largest absolute Gasteiger partial charge is 0.379 e. The van der Waals surface area contributed by atoms with Gasteiger partial charge in [-0.3, -0.25) is 29.5 Å². The van der Waals surface area contributed by atoms with Crippen LogP contribution in [0, 0.1) is 0 Å². The average Bonchev–Trinajstić information content (AvgIpc) is 3.19. The lowest BCUT2D eigenvalue weighted by molar-refractivity contribution is -0.134. The van der Waals surface area contributed by atoms with Crippen LogP contribution in [0.2, 0.25) is 0 Å². The van der Waals surface area contributed by atoms with Crippen molar-refractivity contribution < 1.29 is 21.9 Å². The average molecular weight is 472 g/mol. The molecular formula is C28H27N3O4. The molecule has 178 valence electrons. The molecule has 1 unspecified atom stereocenters. The highest BCUT2D eigenvalue weighted by Crippen LogP contribution is 2.41. The number of carbonyl (C=O) groups excluding carboxylic acids is 3. The summed E-state index contributed by atoms with van der Waals surface area (Å²) in [5, 5.41) is 4.14. The normalized spacial score (nSPS) is 21.8. The third-order valence-corrected chi connectivity index (χ3v) is 6.99. The summed E-state index contributed by atoms with van der Waals surface area (Å²) in [7, 11) is 0. The van der Waals surface area contributed by atoms with Crippen LogP contribution in [0.4, 0.5) is 5.69 Å². The summed E-state index contributed by atoms with van der Waals surface area (Å²) in [4.78, 5) is 40.9. The van der Waals surface area contributed by atoms with Crippen LogP contribution in [-0.2, 0) is 27.2 Å². The van der Waals surface area contributed by atoms with Crippen LogP contribution < -0.4 is 10.2 Å². The first-order valence-corrected chi connectivity index (χ1v) is 12.0. The molecule has 3 aromatic rings. The monoisotopic (exact) mass is 471 g/mol. The van der Waals surface area contributed by atoms with E-state index in [0.717, 1.165) is 21.9 Å². The zero-order valence-electron chi connectivity index (χ0n) is 21.3. The molecule has 2 fully saturated rings. The lowest BCUT2D eigenvalue weighted by Crippen LogP contribution is -2.53. The summed E-state index contributed by atoms with van der Waals surface area (Å²) in [6.45, 7) is 0.621. The quantitative estimate of drug-likeness (QED) is 0.579. The molecule has 2 saturated heterocycles. The number of rotatable bonds is 5. The van der Waals surface area contributed by atoms with Gasteiger partial charge in [-0.05, 0) is 47.1 Å². The highest BCUT2D eigenvalue weighted by Gasteiger charge is 2.40. The van der Waals surface area contributed by atoms with Gasteiger partial charge in [-0.1, -0.05) is 42.5 Å². The van der Waals surface area contributed by atoms with Gasteiger partial charge in [-0.2, -0.15) is 0 Å². The highest BCUT2D eigenvalue weighted by atomic mass is 16.5. The third-order valence-electron chi connectivity index (χ3n) is 6.99. The second-order valence-corrected chi connectivity index (χ2v) is 9.20. The van der Waals surface area contributed by atoms with Crippen LogP contribution in [0.15, 0.2) is 54.6 Å². The van der Waals surface area contributed by atoms with Crippen molar-refractivity contribution in [1.29, 1.82) is 0 Å². The van der Waals surface area contributed by atoms with Gasteiger partial charge in [0.05, 0.1) is 18.9 Å². The molecule has 1 atom stereocenters. The maximum atomic E-state index is 13.3.